The maximum atomic E-state index is 13.4. The van der Waals surface area contributed by atoms with Crippen LogP contribution in [0.15, 0.2) is 22.7 Å². The Morgan fingerprint density at radius 3 is 2.43 bits per heavy atom. The average molecular weight is 335 g/mol. The molecule has 0 saturated carbocycles. The van der Waals surface area contributed by atoms with E-state index in [0.717, 1.165) is 18.2 Å². The van der Waals surface area contributed by atoms with Crippen molar-refractivity contribution in [2.24, 2.45) is 0 Å². The molecular formula is C13H10F5N3O2. The SMILES string of the molecule is C[C@H](NC(=O)Cc1c(F)cccc1F)c1nc(C(F)(F)F)no1. The first-order valence-electron chi connectivity index (χ1n) is 6.31. The van der Waals surface area contributed by atoms with Crippen LogP contribution in [0.3, 0.4) is 0 Å². The van der Waals surface area contributed by atoms with E-state index in [4.69, 9.17) is 0 Å². The van der Waals surface area contributed by atoms with E-state index in [1.165, 1.54) is 6.92 Å². The third kappa shape index (κ3) is 4.02. The second-order valence-electron chi connectivity index (χ2n) is 4.62. The van der Waals surface area contributed by atoms with E-state index in [2.05, 4.69) is 20.0 Å². The number of carbonyl (C=O) groups is 1. The summed E-state index contributed by atoms with van der Waals surface area (Å²) in [6.07, 6.45) is -5.40. The van der Waals surface area contributed by atoms with Crippen LogP contribution in [-0.2, 0) is 17.4 Å². The summed E-state index contributed by atoms with van der Waals surface area (Å²) in [5, 5.41) is 4.97. The monoisotopic (exact) mass is 335 g/mol. The maximum Gasteiger partial charge on any atom is 0.455 e. The predicted molar refractivity (Wildman–Crippen MR) is 65.9 cm³/mol. The zero-order valence-corrected chi connectivity index (χ0v) is 11.6. The van der Waals surface area contributed by atoms with E-state index in [-0.39, 0.29) is 0 Å². The van der Waals surface area contributed by atoms with Gasteiger partial charge in [0.1, 0.15) is 17.7 Å². The van der Waals surface area contributed by atoms with E-state index in [9.17, 15) is 26.7 Å². The Morgan fingerprint density at radius 1 is 1.30 bits per heavy atom. The van der Waals surface area contributed by atoms with Crippen LogP contribution in [0.1, 0.15) is 30.2 Å². The number of hydrogen-bond donors (Lipinski definition) is 1. The molecule has 124 valence electrons. The van der Waals surface area contributed by atoms with Crippen LogP contribution >= 0.6 is 0 Å². The van der Waals surface area contributed by atoms with Crippen molar-refractivity contribution in [3.63, 3.8) is 0 Å². The van der Waals surface area contributed by atoms with Crippen molar-refractivity contribution < 1.29 is 31.3 Å². The number of nitrogens with zero attached hydrogens (tertiary/aromatic N) is 2. The summed E-state index contributed by atoms with van der Waals surface area (Å²) in [6.45, 7) is 1.29. The van der Waals surface area contributed by atoms with Gasteiger partial charge < -0.3 is 9.84 Å². The van der Waals surface area contributed by atoms with E-state index in [1.54, 1.807) is 0 Å². The molecule has 1 amide bonds. The molecule has 2 rings (SSSR count). The minimum Gasteiger partial charge on any atom is -0.344 e. The zero-order chi connectivity index (χ0) is 17.2. The van der Waals surface area contributed by atoms with Crippen molar-refractivity contribution in [3.8, 4) is 0 Å². The Hall–Kier alpha value is -2.52. The van der Waals surface area contributed by atoms with Gasteiger partial charge in [0.2, 0.25) is 11.8 Å². The summed E-state index contributed by atoms with van der Waals surface area (Å²) < 4.78 is 68.3. The lowest BCUT2D eigenvalue weighted by Crippen LogP contribution is -2.29. The summed E-state index contributed by atoms with van der Waals surface area (Å²) in [6, 6.07) is 2.07. The van der Waals surface area contributed by atoms with Gasteiger partial charge in [-0.2, -0.15) is 18.2 Å². The van der Waals surface area contributed by atoms with Crippen molar-refractivity contribution in [3.05, 3.63) is 47.1 Å². The van der Waals surface area contributed by atoms with Crippen molar-refractivity contribution in [1.82, 2.24) is 15.5 Å². The van der Waals surface area contributed by atoms with E-state index < -0.39 is 53.5 Å². The van der Waals surface area contributed by atoms with Gasteiger partial charge in [-0.05, 0) is 19.1 Å². The number of carbonyl (C=O) groups excluding carboxylic acids is 1. The number of halogens is 5. The Bertz CT molecular complexity index is 694. The average Bonchev–Trinajstić information content (AvgIpc) is 2.93. The topological polar surface area (TPSA) is 68.0 Å². The summed E-state index contributed by atoms with van der Waals surface area (Å²) in [7, 11) is 0. The first-order valence-corrected chi connectivity index (χ1v) is 6.31. The van der Waals surface area contributed by atoms with Crippen molar-refractivity contribution >= 4 is 5.91 Å². The highest BCUT2D eigenvalue weighted by atomic mass is 19.4. The largest absolute Gasteiger partial charge is 0.455 e. The molecule has 1 atom stereocenters. The predicted octanol–water partition coefficient (Wildman–Crippen LogP) is 2.79. The molecular weight excluding hydrogens is 325 g/mol. The molecule has 1 heterocycles. The first kappa shape index (κ1) is 16.8. The number of alkyl halides is 3. The van der Waals surface area contributed by atoms with Gasteiger partial charge in [-0.25, -0.2) is 8.78 Å². The van der Waals surface area contributed by atoms with Crippen LogP contribution < -0.4 is 5.32 Å². The lowest BCUT2D eigenvalue weighted by atomic mass is 10.1. The molecule has 0 spiro atoms. The molecule has 23 heavy (non-hydrogen) atoms. The number of nitrogens with one attached hydrogen (secondary N) is 1. The zero-order valence-electron chi connectivity index (χ0n) is 11.6. The van der Waals surface area contributed by atoms with Gasteiger partial charge in [0.25, 0.3) is 5.82 Å². The van der Waals surface area contributed by atoms with Gasteiger partial charge in [0.05, 0.1) is 6.42 Å². The number of benzene rings is 1. The van der Waals surface area contributed by atoms with E-state index in [1.807, 2.05) is 0 Å². The lowest BCUT2D eigenvalue weighted by Gasteiger charge is -2.10. The molecule has 0 saturated heterocycles. The second kappa shape index (κ2) is 6.31. The Balaban J connectivity index is 2.04. The van der Waals surface area contributed by atoms with Crippen molar-refractivity contribution in [2.45, 2.75) is 25.6 Å². The molecule has 0 fully saturated rings. The summed E-state index contributed by atoms with van der Waals surface area (Å²) in [5.41, 5.74) is -0.446. The van der Waals surface area contributed by atoms with Crippen molar-refractivity contribution in [2.75, 3.05) is 0 Å². The van der Waals surface area contributed by atoms with Crippen LogP contribution in [0.25, 0.3) is 0 Å². The first-order chi connectivity index (χ1) is 10.7. The molecule has 0 radical (unpaired) electrons. The fraction of sp³-hybridized carbons (Fsp3) is 0.308. The van der Waals surface area contributed by atoms with Gasteiger partial charge in [0.15, 0.2) is 0 Å². The number of rotatable bonds is 4. The minimum absolute atomic E-state index is 0.446. The maximum absolute atomic E-state index is 13.4. The van der Waals surface area contributed by atoms with Gasteiger partial charge in [-0.1, -0.05) is 11.2 Å². The van der Waals surface area contributed by atoms with E-state index >= 15 is 0 Å². The van der Waals surface area contributed by atoms with Gasteiger partial charge in [-0.15, -0.1) is 0 Å². The Labute approximate surface area is 126 Å². The molecule has 0 unspecified atom stereocenters. The summed E-state index contributed by atoms with van der Waals surface area (Å²) in [4.78, 5) is 14.9. The van der Waals surface area contributed by atoms with Gasteiger partial charge >= 0.3 is 6.18 Å². The Kier molecular flexibility index (Phi) is 4.62. The minimum atomic E-state index is -4.78. The fourth-order valence-corrected chi connectivity index (χ4v) is 1.74. The quantitative estimate of drug-likeness (QED) is 0.873. The number of amides is 1. The standard InChI is InChI=1S/C13H10F5N3O2/c1-6(11-20-12(21-23-11)13(16,17)18)19-10(22)5-7-8(14)3-2-4-9(7)15/h2-4,6H,5H2,1H3,(H,19,22)/t6-/m0/s1. The highest BCUT2D eigenvalue weighted by Crippen LogP contribution is 2.27. The van der Waals surface area contributed by atoms with E-state index in [0.29, 0.717) is 0 Å². The van der Waals surface area contributed by atoms with Crippen LogP contribution in [0.4, 0.5) is 22.0 Å². The molecule has 0 aliphatic heterocycles. The molecule has 5 nitrogen and oxygen atoms in total. The van der Waals surface area contributed by atoms with Crippen molar-refractivity contribution in [1.29, 1.82) is 0 Å². The molecule has 0 aliphatic carbocycles. The molecule has 1 aromatic heterocycles. The summed E-state index contributed by atoms with van der Waals surface area (Å²) in [5.74, 6) is -4.56. The number of aromatic nitrogens is 2. The molecule has 0 bridgehead atoms. The lowest BCUT2D eigenvalue weighted by molar-refractivity contribution is -0.146. The second-order valence-corrected chi connectivity index (χ2v) is 4.62. The Morgan fingerprint density at radius 2 is 1.91 bits per heavy atom. The normalized spacial score (nSPS) is 13.0. The molecule has 1 aromatic carbocycles. The van der Waals surface area contributed by atoms with Crippen LogP contribution in [0.2, 0.25) is 0 Å². The third-order valence-corrected chi connectivity index (χ3v) is 2.84. The van der Waals surface area contributed by atoms with Crippen LogP contribution in [0.5, 0.6) is 0 Å². The molecule has 10 heteroatoms. The highest BCUT2D eigenvalue weighted by Gasteiger charge is 2.37. The van der Waals surface area contributed by atoms with Crippen LogP contribution in [-0.4, -0.2) is 16.0 Å². The van der Waals surface area contributed by atoms with Gasteiger partial charge in [0, 0.05) is 5.56 Å². The smallest absolute Gasteiger partial charge is 0.344 e. The molecule has 2 aromatic rings. The summed E-state index contributed by atoms with van der Waals surface area (Å²) >= 11 is 0. The highest BCUT2D eigenvalue weighted by molar-refractivity contribution is 5.79. The third-order valence-electron chi connectivity index (χ3n) is 2.84. The van der Waals surface area contributed by atoms with Gasteiger partial charge in [-0.3, -0.25) is 4.79 Å². The number of hydrogen-bond acceptors (Lipinski definition) is 4. The van der Waals surface area contributed by atoms with Crippen LogP contribution in [0, 0.1) is 11.6 Å². The fourth-order valence-electron chi connectivity index (χ4n) is 1.74. The molecule has 0 aliphatic rings. The molecule has 1 N–H and O–H groups in total.